The highest BCUT2D eigenvalue weighted by Gasteiger charge is 2.14. The first-order valence-corrected chi connectivity index (χ1v) is 5.19. The first-order chi connectivity index (χ1) is 7.20. The van der Waals surface area contributed by atoms with Crippen molar-refractivity contribution in [3.05, 3.63) is 0 Å². The summed E-state index contributed by atoms with van der Waals surface area (Å²) in [5, 5.41) is 5.42. The molecule has 0 unspecified atom stereocenters. The fraction of sp³-hybridized carbons (Fsp3) is 0.889. The molecule has 2 N–H and O–H groups in total. The van der Waals surface area contributed by atoms with Crippen LogP contribution in [0.1, 0.15) is 6.42 Å². The van der Waals surface area contributed by atoms with E-state index >= 15 is 0 Å². The van der Waals surface area contributed by atoms with Crippen LogP contribution >= 0.6 is 0 Å². The van der Waals surface area contributed by atoms with E-state index in [1.54, 1.807) is 0 Å². The van der Waals surface area contributed by atoms with Crippen LogP contribution in [0, 0.1) is 0 Å². The Morgan fingerprint density at radius 1 is 1.40 bits per heavy atom. The summed E-state index contributed by atoms with van der Waals surface area (Å²) in [5.41, 5.74) is 0. The Bertz CT molecular complexity index is 196. The number of rotatable bonds is 5. The second-order valence-electron chi connectivity index (χ2n) is 3.54. The van der Waals surface area contributed by atoms with Crippen LogP contribution in [0.3, 0.4) is 0 Å². The van der Waals surface area contributed by atoms with Gasteiger partial charge in [0, 0.05) is 32.7 Å². The molecule has 0 aromatic rings. The van der Waals surface area contributed by atoms with Gasteiger partial charge in [-0.25, -0.2) is 0 Å². The smallest absolute Gasteiger partial charge is 0.315 e. The lowest BCUT2D eigenvalue weighted by molar-refractivity contribution is -0.131. The van der Waals surface area contributed by atoms with Crippen LogP contribution in [-0.2, 0) is 4.79 Å². The standard InChI is InChI=1S/C9H17F2N3O/c10-8(11)9(15)13-2-1-5-14-6-3-12-4-7-14/h8,12H,1-7H2,(H,13,15). The second-order valence-corrected chi connectivity index (χ2v) is 3.54. The molecule has 0 radical (unpaired) electrons. The van der Waals surface area contributed by atoms with Gasteiger partial charge in [0.25, 0.3) is 5.91 Å². The summed E-state index contributed by atoms with van der Waals surface area (Å²) in [6.45, 7) is 5.11. The topological polar surface area (TPSA) is 44.4 Å². The molecule has 15 heavy (non-hydrogen) atoms. The normalized spacial score (nSPS) is 18.1. The molecule has 1 amide bonds. The monoisotopic (exact) mass is 221 g/mol. The minimum absolute atomic E-state index is 0.326. The van der Waals surface area contributed by atoms with Gasteiger partial charge in [0.1, 0.15) is 0 Å². The lowest BCUT2D eigenvalue weighted by Crippen LogP contribution is -2.44. The third-order valence-corrected chi connectivity index (χ3v) is 2.36. The minimum Gasteiger partial charge on any atom is -0.351 e. The molecule has 1 fully saturated rings. The number of piperazine rings is 1. The van der Waals surface area contributed by atoms with Gasteiger partial charge in [-0.2, -0.15) is 8.78 Å². The molecule has 0 aromatic carbocycles. The maximum absolute atomic E-state index is 11.8. The summed E-state index contributed by atoms with van der Waals surface area (Å²) in [4.78, 5) is 12.8. The minimum atomic E-state index is -2.90. The number of carbonyl (C=O) groups is 1. The zero-order valence-corrected chi connectivity index (χ0v) is 8.64. The second kappa shape index (κ2) is 6.68. The summed E-state index contributed by atoms with van der Waals surface area (Å²) in [5.74, 6) is -1.17. The van der Waals surface area contributed by atoms with Gasteiger partial charge in [-0.1, -0.05) is 0 Å². The molecular formula is C9H17F2N3O. The van der Waals surface area contributed by atoms with Crippen LogP contribution in [-0.4, -0.2) is 56.5 Å². The summed E-state index contributed by atoms with van der Waals surface area (Å²) in [7, 11) is 0. The van der Waals surface area contributed by atoms with Crippen molar-refractivity contribution in [2.75, 3.05) is 39.3 Å². The van der Waals surface area contributed by atoms with Crippen molar-refractivity contribution in [3.8, 4) is 0 Å². The SMILES string of the molecule is O=C(NCCCN1CCNCC1)C(F)F. The Balaban J connectivity index is 1.98. The summed E-state index contributed by atoms with van der Waals surface area (Å²) >= 11 is 0. The molecule has 1 saturated heterocycles. The Kier molecular flexibility index (Phi) is 5.49. The Labute approximate surface area is 88.0 Å². The van der Waals surface area contributed by atoms with Gasteiger partial charge in [-0.05, 0) is 13.0 Å². The van der Waals surface area contributed by atoms with E-state index in [2.05, 4.69) is 15.5 Å². The molecular weight excluding hydrogens is 204 g/mol. The van der Waals surface area contributed by atoms with Gasteiger partial charge < -0.3 is 15.5 Å². The third-order valence-electron chi connectivity index (χ3n) is 2.36. The largest absolute Gasteiger partial charge is 0.351 e. The molecule has 6 heteroatoms. The number of nitrogens with one attached hydrogen (secondary N) is 2. The number of hydrogen-bond acceptors (Lipinski definition) is 3. The number of amides is 1. The van der Waals surface area contributed by atoms with Gasteiger partial charge in [0.15, 0.2) is 0 Å². The molecule has 0 aromatic heterocycles. The van der Waals surface area contributed by atoms with Gasteiger partial charge in [0.05, 0.1) is 0 Å². The molecule has 0 saturated carbocycles. The van der Waals surface area contributed by atoms with Crippen molar-refractivity contribution in [1.82, 2.24) is 15.5 Å². The Morgan fingerprint density at radius 2 is 2.07 bits per heavy atom. The highest BCUT2D eigenvalue weighted by molar-refractivity contribution is 5.78. The lowest BCUT2D eigenvalue weighted by Gasteiger charge is -2.27. The quantitative estimate of drug-likeness (QED) is 0.624. The lowest BCUT2D eigenvalue weighted by atomic mass is 10.3. The number of alkyl halides is 2. The van der Waals surface area contributed by atoms with E-state index in [1.165, 1.54) is 0 Å². The summed E-state index contributed by atoms with van der Waals surface area (Å²) in [6.07, 6.45) is -2.18. The molecule has 4 nitrogen and oxygen atoms in total. The molecule has 0 spiro atoms. The van der Waals surface area contributed by atoms with Crippen LogP contribution in [0.15, 0.2) is 0 Å². The molecule has 1 rings (SSSR count). The van der Waals surface area contributed by atoms with Crippen molar-refractivity contribution in [3.63, 3.8) is 0 Å². The zero-order valence-electron chi connectivity index (χ0n) is 8.64. The van der Waals surface area contributed by atoms with E-state index in [4.69, 9.17) is 0 Å². The van der Waals surface area contributed by atoms with Crippen molar-refractivity contribution >= 4 is 5.91 Å². The van der Waals surface area contributed by atoms with Gasteiger partial charge in [-0.3, -0.25) is 4.79 Å². The molecule has 1 aliphatic rings. The fourth-order valence-electron chi connectivity index (χ4n) is 1.53. The van der Waals surface area contributed by atoms with E-state index in [-0.39, 0.29) is 0 Å². The zero-order chi connectivity index (χ0) is 11.1. The molecule has 88 valence electrons. The van der Waals surface area contributed by atoms with Crippen molar-refractivity contribution in [2.45, 2.75) is 12.8 Å². The van der Waals surface area contributed by atoms with E-state index < -0.39 is 12.3 Å². The van der Waals surface area contributed by atoms with Crippen molar-refractivity contribution in [1.29, 1.82) is 0 Å². The summed E-state index contributed by atoms with van der Waals surface area (Å²) in [6, 6.07) is 0. The Hall–Kier alpha value is -0.750. The van der Waals surface area contributed by atoms with E-state index in [9.17, 15) is 13.6 Å². The van der Waals surface area contributed by atoms with Crippen molar-refractivity contribution < 1.29 is 13.6 Å². The van der Waals surface area contributed by atoms with Crippen molar-refractivity contribution in [2.24, 2.45) is 0 Å². The number of nitrogens with zero attached hydrogens (tertiary/aromatic N) is 1. The van der Waals surface area contributed by atoms with Gasteiger partial charge in [0.2, 0.25) is 0 Å². The van der Waals surface area contributed by atoms with Crippen LogP contribution < -0.4 is 10.6 Å². The van der Waals surface area contributed by atoms with E-state index in [1.807, 2.05) is 0 Å². The van der Waals surface area contributed by atoms with Crippen LogP contribution in [0.5, 0.6) is 0 Å². The highest BCUT2D eigenvalue weighted by Crippen LogP contribution is 1.94. The molecule has 1 aliphatic heterocycles. The summed E-state index contributed by atoms with van der Waals surface area (Å²) < 4.78 is 23.6. The number of halogens is 2. The fourth-order valence-corrected chi connectivity index (χ4v) is 1.53. The predicted molar refractivity (Wildman–Crippen MR) is 52.9 cm³/mol. The molecule has 0 bridgehead atoms. The number of hydrogen-bond donors (Lipinski definition) is 2. The average molecular weight is 221 g/mol. The first kappa shape index (κ1) is 12.3. The molecule has 0 atom stereocenters. The predicted octanol–water partition coefficient (Wildman–Crippen LogP) is -0.337. The van der Waals surface area contributed by atoms with Gasteiger partial charge in [-0.15, -0.1) is 0 Å². The van der Waals surface area contributed by atoms with Crippen LogP contribution in [0.25, 0.3) is 0 Å². The number of carbonyl (C=O) groups excluding carboxylic acids is 1. The highest BCUT2D eigenvalue weighted by atomic mass is 19.3. The van der Waals surface area contributed by atoms with Gasteiger partial charge >= 0.3 is 6.43 Å². The molecule has 0 aliphatic carbocycles. The first-order valence-electron chi connectivity index (χ1n) is 5.19. The van der Waals surface area contributed by atoms with Crippen LogP contribution in [0.2, 0.25) is 0 Å². The molecule has 1 heterocycles. The maximum Gasteiger partial charge on any atom is 0.315 e. The van der Waals surface area contributed by atoms with E-state index in [0.29, 0.717) is 6.54 Å². The van der Waals surface area contributed by atoms with E-state index in [0.717, 1.165) is 39.1 Å². The Morgan fingerprint density at radius 3 is 2.67 bits per heavy atom. The van der Waals surface area contributed by atoms with Crippen LogP contribution in [0.4, 0.5) is 8.78 Å². The maximum atomic E-state index is 11.8. The third kappa shape index (κ3) is 5.03. The average Bonchev–Trinajstić information content (AvgIpc) is 2.25.